The molecule has 22 heavy (non-hydrogen) atoms. The molecule has 1 aromatic rings. The lowest BCUT2D eigenvalue weighted by Gasteiger charge is -2.32. The van der Waals surface area contributed by atoms with Crippen molar-refractivity contribution < 1.29 is 4.79 Å². The minimum atomic E-state index is 0. The first kappa shape index (κ1) is 21.2. The minimum absolute atomic E-state index is 0. The molecule has 1 amide bonds. The van der Waals surface area contributed by atoms with Crippen LogP contribution in [0.15, 0.2) is 30.3 Å². The number of likely N-dealkylation sites (N-methyl/N-ethyl adjacent to an activating group) is 1. The maximum absolute atomic E-state index is 12.1. The number of piperidine rings is 1. The molecule has 0 saturated carbocycles. The minimum Gasteiger partial charge on any atom is -0.355 e. The topological polar surface area (TPSA) is 44.4 Å². The molecule has 126 valence electrons. The normalized spacial score (nSPS) is 18.0. The van der Waals surface area contributed by atoms with Gasteiger partial charge < -0.3 is 10.6 Å². The molecule has 0 radical (unpaired) electrons. The molecular formula is C16H27Cl2N3O. The summed E-state index contributed by atoms with van der Waals surface area (Å²) < 4.78 is 0. The highest BCUT2D eigenvalue weighted by atomic mass is 35.5. The fraction of sp³-hybridized carbons (Fsp3) is 0.562. The van der Waals surface area contributed by atoms with Gasteiger partial charge in [-0.25, -0.2) is 0 Å². The fourth-order valence-corrected chi connectivity index (χ4v) is 2.71. The summed E-state index contributed by atoms with van der Waals surface area (Å²) in [6.45, 7) is 4.45. The van der Waals surface area contributed by atoms with E-state index in [0.717, 1.165) is 39.0 Å². The van der Waals surface area contributed by atoms with Crippen molar-refractivity contribution in [2.45, 2.75) is 19.4 Å². The largest absolute Gasteiger partial charge is 0.355 e. The van der Waals surface area contributed by atoms with E-state index in [0.29, 0.717) is 6.54 Å². The van der Waals surface area contributed by atoms with Crippen LogP contribution in [0.1, 0.15) is 18.4 Å². The van der Waals surface area contributed by atoms with Gasteiger partial charge in [0.25, 0.3) is 0 Å². The van der Waals surface area contributed by atoms with E-state index in [1.807, 2.05) is 13.1 Å². The van der Waals surface area contributed by atoms with Crippen LogP contribution in [0.2, 0.25) is 0 Å². The van der Waals surface area contributed by atoms with E-state index < -0.39 is 0 Å². The van der Waals surface area contributed by atoms with E-state index >= 15 is 0 Å². The summed E-state index contributed by atoms with van der Waals surface area (Å²) in [6, 6.07) is 10.5. The molecule has 0 aromatic heterocycles. The second kappa shape index (κ2) is 11.7. The van der Waals surface area contributed by atoms with Crippen LogP contribution in [0.3, 0.4) is 0 Å². The van der Waals surface area contributed by atoms with E-state index in [1.165, 1.54) is 5.56 Å². The van der Waals surface area contributed by atoms with Crippen molar-refractivity contribution in [2.24, 2.45) is 5.92 Å². The number of rotatable bonds is 6. The molecule has 1 aliphatic rings. The molecule has 1 fully saturated rings. The van der Waals surface area contributed by atoms with Gasteiger partial charge >= 0.3 is 0 Å². The van der Waals surface area contributed by atoms with Gasteiger partial charge in [0.05, 0.1) is 5.92 Å². The number of nitrogens with zero attached hydrogens (tertiary/aromatic N) is 1. The zero-order valence-electron chi connectivity index (χ0n) is 13.1. The summed E-state index contributed by atoms with van der Waals surface area (Å²) in [6.07, 6.45) is 2.12. The standard InChI is InChI=1S/C16H25N3O.2ClH/c1-17-9-10-18-16(20)15-8-5-11-19(13-15)12-14-6-3-2-4-7-14;;/h2-4,6-7,15,17H,5,8-13H2,1H3,(H,18,20);2*1H. The summed E-state index contributed by atoms with van der Waals surface area (Å²) in [5.74, 6) is 0.349. The molecule has 0 bridgehead atoms. The van der Waals surface area contributed by atoms with E-state index in [9.17, 15) is 4.79 Å². The first-order chi connectivity index (χ1) is 9.79. The summed E-state index contributed by atoms with van der Waals surface area (Å²) in [7, 11) is 1.90. The van der Waals surface area contributed by atoms with Crippen molar-refractivity contribution in [3.8, 4) is 0 Å². The Morgan fingerprint density at radius 2 is 1.95 bits per heavy atom. The predicted molar refractivity (Wildman–Crippen MR) is 95.9 cm³/mol. The highest BCUT2D eigenvalue weighted by Gasteiger charge is 2.25. The number of hydrogen-bond acceptors (Lipinski definition) is 3. The Hall–Kier alpha value is -0.810. The van der Waals surface area contributed by atoms with Gasteiger partial charge in [-0.15, -0.1) is 24.8 Å². The van der Waals surface area contributed by atoms with Crippen LogP contribution in [0.4, 0.5) is 0 Å². The SMILES string of the molecule is CNCCNC(=O)C1CCCN(Cc2ccccc2)C1.Cl.Cl. The molecule has 1 atom stereocenters. The molecule has 1 aliphatic heterocycles. The molecule has 1 heterocycles. The van der Waals surface area contributed by atoms with Crippen molar-refractivity contribution in [3.05, 3.63) is 35.9 Å². The lowest BCUT2D eigenvalue weighted by molar-refractivity contribution is -0.126. The first-order valence-corrected chi connectivity index (χ1v) is 7.48. The zero-order chi connectivity index (χ0) is 14.2. The van der Waals surface area contributed by atoms with Crippen LogP contribution in [0.25, 0.3) is 0 Å². The smallest absolute Gasteiger partial charge is 0.224 e. The number of carbonyl (C=O) groups excluding carboxylic acids is 1. The quantitative estimate of drug-likeness (QED) is 0.774. The lowest BCUT2D eigenvalue weighted by atomic mass is 9.96. The molecule has 1 unspecified atom stereocenters. The van der Waals surface area contributed by atoms with Gasteiger partial charge in [0.15, 0.2) is 0 Å². The third-order valence-electron chi connectivity index (χ3n) is 3.80. The van der Waals surface area contributed by atoms with Crippen LogP contribution in [0, 0.1) is 5.92 Å². The van der Waals surface area contributed by atoms with Crippen molar-refractivity contribution in [2.75, 3.05) is 33.2 Å². The van der Waals surface area contributed by atoms with Gasteiger partial charge in [0.2, 0.25) is 5.91 Å². The third-order valence-corrected chi connectivity index (χ3v) is 3.80. The van der Waals surface area contributed by atoms with Gasteiger partial charge in [-0.2, -0.15) is 0 Å². The maximum atomic E-state index is 12.1. The van der Waals surface area contributed by atoms with Gasteiger partial charge in [0, 0.05) is 26.2 Å². The Labute approximate surface area is 145 Å². The number of likely N-dealkylation sites (tertiary alicyclic amines) is 1. The number of halogens is 2. The monoisotopic (exact) mass is 347 g/mol. The van der Waals surface area contributed by atoms with Crippen molar-refractivity contribution in [1.29, 1.82) is 0 Å². The second-order valence-corrected chi connectivity index (χ2v) is 5.45. The molecular weight excluding hydrogens is 321 g/mol. The average Bonchev–Trinajstić information content (AvgIpc) is 2.49. The number of benzene rings is 1. The van der Waals surface area contributed by atoms with Crippen molar-refractivity contribution >= 4 is 30.7 Å². The molecule has 0 spiro atoms. The third kappa shape index (κ3) is 6.97. The summed E-state index contributed by atoms with van der Waals surface area (Å²) >= 11 is 0. The summed E-state index contributed by atoms with van der Waals surface area (Å²) in [5.41, 5.74) is 1.32. The Kier molecular flexibility index (Phi) is 11.3. The Morgan fingerprint density at radius 3 is 2.64 bits per heavy atom. The Balaban J connectivity index is 0.00000220. The highest BCUT2D eigenvalue weighted by molar-refractivity contribution is 5.85. The fourth-order valence-electron chi connectivity index (χ4n) is 2.71. The highest BCUT2D eigenvalue weighted by Crippen LogP contribution is 2.18. The number of nitrogens with one attached hydrogen (secondary N) is 2. The summed E-state index contributed by atoms with van der Waals surface area (Å²) in [4.78, 5) is 14.5. The van der Waals surface area contributed by atoms with Gasteiger partial charge in [0.1, 0.15) is 0 Å². The molecule has 1 aromatic carbocycles. The molecule has 2 rings (SSSR count). The van der Waals surface area contributed by atoms with Gasteiger partial charge in [-0.3, -0.25) is 9.69 Å². The van der Waals surface area contributed by atoms with Crippen LogP contribution in [0.5, 0.6) is 0 Å². The van der Waals surface area contributed by atoms with E-state index in [4.69, 9.17) is 0 Å². The van der Waals surface area contributed by atoms with Gasteiger partial charge in [-0.05, 0) is 32.0 Å². The predicted octanol–water partition coefficient (Wildman–Crippen LogP) is 2.08. The lowest BCUT2D eigenvalue weighted by Crippen LogP contribution is -2.43. The number of carbonyl (C=O) groups is 1. The first-order valence-electron chi connectivity index (χ1n) is 7.48. The van der Waals surface area contributed by atoms with Crippen LogP contribution in [-0.2, 0) is 11.3 Å². The number of amides is 1. The molecule has 0 aliphatic carbocycles. The zero-order valence-corrected chi connectivity index (χ0v) is 14.7. The molecule has 2 N–H and O–H groups in total. The van der Waals surface area contributed by atoms with E-state index in [2.05, 4.69) is 39.8 Å². The summed E-state index contributed by atoms with van der Waals surface area (Å²) in [5, 5.41) is 6.05. The van der Waals surface area contributed by atoms with E-state index in [1.54, 1.807) is 0 Å². The Morgan fingerprint density at radius 1 is 1.23 bits per heavy atom. The van der Waals surface area contributed by atoms with E-state index in [-0.39, 0.29) is 36.6 Å². The van der Waals surface area contributed by atoms with Gasteiger partial charge in [-0.1, -0.05) is 30.3 Å². The maximum Gasteiger partial charge on any atom is 0.224 e. The second-order valence-electron chi connectivity index (χ2n) is 5.45. The number of hydrogen-bond donors (Lipinski definition) is 2. The Bertz CT molecular complexity index is 417. The molecule has 1 saturated heterocycles. The van der Waals surface area contributed by atoms with Crippen LogP contribution >= 0.6 is 24.8 Å². The van der Waals surface area contributed by atoms with Crippen LogP contribution in [-0.4, -0.2) is 44.0 Å². The average molecular weight is 348 g/mol. The van der Waals surface area contributed by atoms with Crippen molar-refractivity contribution in [3.63, 3.8) is 0 Å². The van der Waals surface area contributed by atoms with Crippen molar-refractivity contribution in [1.82, 2.24) is 15.5 Å². The molecule has 4 nitrogen and oxygen atoms in total. The van der Waals surface area contributed by atoms with Crippen LogP contribution < -0.4 is 10.6 Å². The molecule has 6 heteroatoms.